The van der Waals surface area contributed by atoms with E-state index in [1.165, 1.54) is 11.3 Å². The molecular formula is C17H27N3O. The number of carbonyl (C=O) groups is 1. The normalized spacial score (nSPS) is 17.2. The number of anilines is 1. The number of rotatable bonds is 4. The van der Waals surface area contributed by atoms with Gasteiger partial charge in [-0.05, 0) is 30.5 Å². The second kappa shape index (κ2) is 6.94. The van der Waals surface area contributed by atoms with E-state index in [-0.39, 0.29) is 11.9 Å². The van der Waals surface area contributed by atoms with Crippen LogP contribution in [0.3, 0.4) is 0 Å². The Kier molecular flexibility index (Phi) is 5.23. The molecule has 1 heterocycles. The van der Waals surface area contributed by atoms with Crippen LogP contribution in [0.1, 0.15) is 25.8 Å². The summed E-state index contributed by atoms with van der Waals surface area (Å²) >= 11 is 0. The molecule has 0 aromatic heterocycles. The van der Waals surface area contributed by atoms with Crippen molar-refractivity contribution in [1.29, 1.82) is 0 Å². The summed E-state index contributed by atoms with van der Waals surface area (Å²) in [6, 6.07) is 8.50. The number of nitrogens with two attached hydrogens (primary N) is 1. The maximum Gasteiger partial charge on any atom is 0.224 e. The second-order valence-corrected chi connectivity index (χ2v) is 6.32. The lowest BCUT2D eigenvalue weighted by atomic mass is 10.0. The summed E-state index contributed by atoms with van der Waals surface area (Å²) in [6.07, 6.45) is 0.460. The van der Waals surface area contributed by atoms with Crippen molar-refractivity contribution in [2.75, 3.05) is 31.1 Å². The van der Waals surface area contributed by atoms with E-state index in [4.69, 9.17) is 5.73 Å². The largest absolute Gasteiger partial charge is 0.368 e. The summed E-state index contributed by atoms with van der Waals surface area (Å²) in [5.74, 6) is 0.544. The molecule has 0 bridgehead atoms. The molecule has 1 aromatic carbocycles. The number of hydrogen-bond donors (Lipinski definition) is 1. The first-order valence-corrected chi connectivity index (χ1v) is 7.82. The van der Waals surface area contributed by atoms with Crippen LogP contribution in [0, 0.1) is 12.8 Å². The van der Waals surface area contributed by atoms with Gasteiger partial charge in [0.1, 0.15) is 0 Å². The maximum absolute atomic E-state index is 12.2. The Bertz CT molecular complexity index is 479. The third-order valence-corrected chi connectivity index (χ3v) is 4.27. The third-order valence-electron chi connectivity index (χ3n) is 4.27. The van der Waals surface area contributed by atoms with Gasteiger partial charge in [-0.15, -0.1) is 0 Å². The molecule has 116 valence electrons. The van der Waals surface area contributed by atoms with Crippen molar-refractivity contribution in [3.63, 3.8) is 0 Å². The van der Waals surface area contributed by atoms with Crippen LogP contribution in [0.25, 0.3) is 0 Å². The number of piperazine rings is 1. The molecule has 0 saturated carbocycles. The molecule has 2 N–H and O–H groups in total. The fourth-order valence-corrected chi connectivity index (χ4v) is 2.61. The Labute approximate surface area is 127 Å². The van der Waals surface area contributed by atoms with Gasteiger partial charge in [-0.1, -0.05) is 26.0 Å². The van der Waals surface area contributed by atoms with Crippen LogP contribution in [0.15, 0.2) is 24.3 Å². The molecule has 1 fully saturated rings. The average Bonchev–Trinajstić information content (AvgIpc) is 2.47. The minimum absolute atomic E-state index is 0.0349. The smallest absolute Gasteiger partial charge is 0.224 e. The predicted octanol–water partition coefficient (Wildman–Crippen LogP) is 2.02. The van der Waals surface area contributed by atoms with Crippen molar-refractivity contribution in [2.24, 2.45) is 11.7 Å². The second-order valence-electron chi connectivity index (χ2n) is 6.32. The van der Waals surface area contributed by atoms with Crippen LogP contribution in [-0.2, 0) is 4.79 Å². The fourth-order valence-electron chi connectivity index (χ4n) is 2.61. The Morgan fingerprint density at radius 1 is 1.24 bits per heavy atom. The molecule has 0 spiro atoms. The lowest BCUT2D eigenvalue weighted by molar-refractivity contribution is -0.132. The first kappa shape index (κ1) is 15.8. The highest BCUT2D eigenvalue weighted by Crippen LogP contribution is 2.18. The van der Waals surface area contributed by atoms with Gasteiger partial charge in [0, 0.05) is 44.3 Å². The summed E-state index contributed by atoms with van der Waals surface area (Å²) in [4.78, 5) is 16.5. The van der Waals surface area contributed by atoms with Gasteiger partial charge < -0.3 is 15.5 Å². The van der Waals surface area contributed by atoms with Crippen molar-refractivity contribution in [1.82, 2.24) is 4.90 Å². The van der Waals surface area contributed by atoms with Gasteiger partial charge in [-0.25, -0.2) is 0 Å². The van der Waals surface area contributed by atoms with Crippen molar-refractivity contribution in [3.8, 4) is 0 Å². The standard InChI is InChI=1S/C17H27N3O/c1-13(2)16(18)12-17(21)20-9-7-19(8-10-20)15-6-4-5-14(3)11-15/h4-6,11,13,16H,7-10,12,18H2,1-3H3. The molecule has 1 atom stereocenters. The molecule has 21 heavy (non-hydrogen) atoms. The predicted molar refractivity (Wildman–Crippen MR) is 87.4 cm³/mol. The lowest BCUT2D eigenvalue weighted by Gasteiger charge is -2.36. The topological polar surface area (TPSA) is 49.6 Å². The zero-order valence-corrected chi connectivity index (χ0v) is 13.4. The van der Waals surface area contributed by atoms with E-state index in [2.05, 4.69) is 49.9 Å². The molecular weight excluding hydrogens is 262 g/mol. The highest BCUT2D eigenvalue weighted by Gasteiger charge is 2.23. The highest BCUT2D eigenvalue weighted by atomic mass is 16.2. The van der Waals surface area contributed by atoms with E-state index in [1.807, 2.05) is 4.90 Å². The Balaban J connectivity index is 1.87. The minimum atomic E-state index is -0.0349. The first-order valence-electron chi connectivity index (χ1n) is 7.82. The van der Waals surface area contributed by atoms with Crippen LogP contribution in [0.4, 0.5) is 5.69 Å². The SMILES string of the molecule is Cc1cccc(N2CCN(C(=O)CC(N)C(C)C)CC2)c1. The maximum atomic E-state index is 12.2. The van der Waals surface area contributed by atoms with Crippen molar-refractivity contribution >= 4 is 11.6 Å². The fraction of sp³-hybridized carbons (Fsp3) is 0.588. The van der Waals surface area contributed by atoms with E-state index in [0.717, 1.165) is 26.2 Å². The number of nitrogens with zero attached hydrogens (tertiary/aromatic N) is 2. The summed E-state index contributed by atoms with van der Waals surface area (Å²) in [5.41, 5.74) is 8.52. The molecule has 4 heteroatoms. The van der Waals surface area contributed by atoms with Crippen molar-refractivity contribution < 1.29 is 4.79 Å². The van der Waals surface area contributed by atoms with Gasteiger partial charge in [0.05, 0.1) is 0 Å². The average molecular weight is 289 g/mol. The van der Waals surface area contributed by atoms with Gasteiger partial charge in [-0.3, -0.25) is 4.79 Å². The molecule has 1 unspecified atom stereocenters. The van der Waals surface area contributed by atoms with E-state index in [9.17, 15) is 4.79 Å². The van der Waals surface area contributed by atoms with Crippen LogP contribution in [0.5, 0.6) is 0 Å². The molecule has 1 amide bonds. The van der Waals surface area contributed by atoms with Gasteiger partial charge >= 0.3 is 0 Å². The monoisotopic (exact) mass is 289 g/mol. The summed E-state index contributed by atoms with van der Waals surface area (Å²) in [6.45, 7) is 9.60. The molecule has 1 aromatic rings. The molecule has 0 aliphatic carbocycles. The van der Waals surface area contributed by atoms with Crippen LogP contribution < -0.4 is 10.6 Å². The van der Waals surface area contributed by atoms with Crippen LogP contribution >= 0.6 is 0 Å². The Morgan fingerprint density at radius 2 is 1.90 bits per heavy atom. The highest BCUT2D eigenvalue weighted by molar-refractivity contribution is 5.77. The first-order chi connectivity index (χ1) is 9.97. The van der Waals surface area contributed by atoms with Gasteiger partial charge in [0.25, 0.3) is 0 Å². The molecule has 0 radical (unpaired) electrons. The van der Waals surface area contributed by atoms with Crippen molar-refractivity contribution in [2.45, 2.75) is 33.2 Å². The molecule has 1 aliphatic rings. The van der Waals surface area contributed by atoms with Gasteiger partial charge in [-0.2, -0.15) is 0 Å². The molecule has 4 nitrogen and oxygen atoms in total. The molecule has 1 aliphatic heterocycles. The zero-order chi connectivity index (χ0) is 15.4. The van der Waals surface area contributed by atoms with E-state index in [1.54, 1.807) is 0 Å². The summed E-state index contributed by atoms with van der Waals surface area (Å²) in [7, 11) is 0. The van der Waals surface area contributed by atoms with Gasteiger partial charge in [0.15, 0.2) is 0 Å². The van der Waals surface area contributed by atoms with Crippen LogP contribution in [0.2, 0.25) is 0 Å². The minimum Gasteiger partial charge on any atom is -0.368 e. The number of aryl methyl sites for hydroxylation is 1. The molecule has 2 rings (SSSR count). The Hall–Kier alpha value is -1.55. The van der Waals surface area contributed by atoms with Gasteiger partial charge in [0.2, 0.25) is 5.91 Å². The van der Waals surface area contributed by atoms with E-state index in [0.29, 0.717) is 12.3 Å². The Morgan fingerprint density at radius 3 is 2.48 bits per heavy atom. The summed E-state index contributed by atoms with van der Waals surface area (Å²) < 4.78 is 0. The summed E-state index contributed by atoms with van der Waals surface area (Å²) in [5, 5.41) is 0. The quantitative estimate of drug-likeness (QED) is 0.922. The van der Waals surface area contributed by atoms with Crippen LogP contribution in [-0.4, -0.2) is 43.0 Å². The number of benzene rings is 1. The van der Waals surface area contributed by atoms with E-state index >= 15 is 0 Å². The zero-order valence-electron chi connectivity index (χ0n) is 13.4. The van der Waals surface area contributed by atoms with E-state index < -0.39 is 0 Å². The molecule has 1 saturated heterocycles. The third kappa shape index (κ3) is 4.21. The van der Waals surface area contributed by atoms with Crippen molar-refractivity contribution in [3.05, 3.63) is 29.8 Å². The number of hydrogen-bond acceptors (Lipinski definition) is 3. The lowest BCUT2D eigenvalue weighted by Crippen LogP contribution is -2.50. The number of amides is 1. The number of carbonyl (C=O) groups excluding carboxylic acids is 1.